The molecule has 0 radical (unpaired) electrons. The molecule has 360 valence electrons. The van der Waals surface area contributed by atoms with Crippen LogP contribution >= 0.6 is 0 Å². The Kier molecular flexibility index (Phi) is 17.4. The van der Waals surface area contributed by atoms with Crippen molar-refractivity contribution in [3.05, 3.63) is 54.3 Å². The summed E-state index contributed by atoms with van der Waals surface area (Å²) < 4.78 is 79.9. The van der Waals surface area contributed by atoms with Crippen LogP contribution in [0.4, 0.5) is 0 Å². The third-order valence-electron chi connectivity index (χ3n) is 10.3. The first-order valence-corrected chi connectivity index (χ1v) is 20.6. The maximum atomic E-state index is 13.3. The van der Waals surface area contributed by atoms with Gasteiger partial charge in [0, 0.05) is 59.5 Å². The number of esters is 8. The molecule has 5 rings (SSSR count). The minimum atomic E-state index is -1.65. The van der Waals surface area contributed by atoms with Gasteiger partial charge in [-0.25, -0.2) is 9.59 Å². The topological polar surface area (TPSA) is 266 Å². The van der Waals surface area contributed by atoms with Gasteiger partial charge in [0.1, 0.15) is 6.10 Å². The van der Waals surface area contributed by atoms with Crippen LogP contribution in [-0.2, 0) is 95.2 Å². The van der Waals surface area contributed by atoms with E-state index in [1.807, 2.05) is 0 Å². The zero-order chi connectivity index (χ0) is 48.4. The van der Waals surface area contributed by atoms with Crippen molar-refractivity contribution in [2.24, 2.45) is 11.8 Å². The highest BCUT2D eigenvalue weighted by Gasteiger charge is 2.56. The molecule has 4 heterocycles. The van der Waals surface area contributed by atoms with Crippen molar-refractivity contribution in [1.82, 2.24) is 0 Å². The lowest BCUT2D eigenvalue weighted by molar-refractivity contribution is -0.353. The fraction of sp³-hybridized carbons (Fsp3) is 0.545. The molecule has 0 bridgehead atoms. The molecule has 4 aliphatic rings. The summed E-state index contributed by atoms with van der Waals surface area (Å²) in [6, 6.07) is 4.51. The van der Waals surface area contributed by atoms with Crippen molar-refractivity contribution in [1.29, 1.82) is 0 Å². The molecule has 0 N–H and O–H groups in total. The molecule has 0 aromatic heterocycles. The third kappa shape index (κ3) is 12.9. The summed E-state index contributed by atoms with van der Waals surface area (Å²) in [5.74, 6) is -7.19. The summed E-state index contributed by atoms with van der Waals surface area (Å²) in [6.07, 6.45) is -10.8. The number of rotatable bonds is 16. The van der Waals surface area contributed by atoms with Crippen LogP contribution in [0, 0.1) is 11.8 Å². The molecular weight excluding hydrogens is 880 g/mol. The van der Waals surface area contributed by atoms with Gasteiger partial charge < -0.3 is 66.3 Å². The van der Waals surface area contributed by atoms with Crippen molar-refractivity contribution < 1.29 is 105 Å². The maximum absolute atomic E-state index is 13.3. The van der Waals surface area contributed by atoms with Gasteiger partial charge >= 0.3 is 47.8 Å². The second kappa shape index (κ2) is 22.7. The van der Waals surface area contributed by atoms with Gasteiger partial charge in [-0.1, -0.05) is 12.1 Å². The van der Waals surface area contributed by atoms with Crippen molar-refractivity contribution in [3.8, 4) is 11.5 Å². The number of ether oxygens (including phenoxy) is 14. The van der Waals surface area contributed by atoms with Crippen molar-refractivity contribution in [2.75, 3.05) is 20.3 Å². The van der Waals surface area contributed by atoms with E-state index in [1.165, 1.54) is 51.5 Å². The second-order valence-electron chi connectivity index (χ2n) is 15.3. The van der Waals surface area contributed by atoms with E-state index in [1.54, 1.807) is 6.07 Å². The number of carbonyl (C=O) groups excluding carboxylic acids is 8. The molecule has 22 heteroatoms. The quantitative estimate of drug-likeness (QED) is 0.0757. The lowest BCUT2D eigenvalue weighted by atomic mass is 9.81. The Bertz CT molecular complexity index is 2080. The lowest BCUT2D eigenvalue weighted by Gasteiger charge is -2.47. The Morgan fingerprint density at radius 1 is 0.712 bits per heavy atom. The Labute approximate surface area is 378 Å². The highest BCUT2D eigenvalue weighted by molar-refractivity contribution is 5.90. The van der Waals surface area contributed by atoms with E-state index in [9.17, 15) is 38.4 Å². The molecule has 4 aliphatic heterocycles. The normalized spacial score (nSPS) is 30.4. The number of carbonyl (C=O) groups is 8. The average molecular weight is 933 g/mol. The first-order valence-electron chi connectivity index (χ1n) is 20.6. The van der Waals surface area contributed by atoms with Crippen LogP contribution in [0.2, 0.25) is 0 Å². The van der Waals surface area contributed by atoms with E-state index in [2.05, 4.69) is 6.58 Å². The number of hydrogen-bond donors (Lipinski definition) is 0. The second-order valence-corrected chi connectivity index (χ2v) is 15.3. The highest BCUT2D eigenvalue weighted by Crippen LogP contribution is 2.40. The Balaban J connectivity index is 1.42. The van der Waals surface area contributed by atoms with Crippen molar-refractivity contribution in [3.63, 3.8) is 0 Å². The Morgan fingerprint density at radius 3 is 1.89 bits per heavy atom. The van der Waals surface area contributed by atoms with E-state index < -0.39 is 134 Å². The van der Waals surface area contributed by atoms with E-state index >= 15 is 0 Å². The first-order chi connectivity index (χ1) is 31.3. The summed E-state index contributed by atoms with van der Waals surface area (Å²) in [7, 11) is 1.36. The summed E-state index contributed by atoms with van der Waals surface area (Å²) >= 11 is 0. The van der Waals surface area contributed by atoms with Crippen LogP contribution in [0.5, 0.6) is 11.5 Å². The van der Waals surface area contributed by atoms with Crippen LogP contribution in [0.3, 0.4) is 0 Å². The minimum Gasteiger partial charge on any atom is -0.493 e. The molecule has 0 aliphatic carbocycles. The highest BCUT2D eigenvalue weighted by atomic mass is 16.8. The monoisotopic (exact) mass is 932 g/mol. The van der Waals surface area contributed by atoms with Crippen molar-refractivity contribution >= 4 is 53.8 Å². The predicted octanol–water partition coefficient (Wildman–Crippen LogP) is 2.31. The smallest absolute Gasteiger partial charge is 0.337 e. The van der Waals surface area contributed by atoms with Gasteiger partial charge in [-0.15, -0.1) is 6.58 Å². The molecule has 3 saturated heterocycles. The molecule has 13 atom stereocenters. The van der Waals surface area contributed by atoms with Gasteiger partial charge in [0.15, 0.2) is 54.4 Å². The van der Waals surface area contributed by atoms with Gasteiger partial charge in [0.05, 0.1) is 38.3 Å². The number of cyclic esters (lactones) is 1. The molecule has 0 unspecified atom stereocenters. The van der Waals surface area contributed by atoms with Crippen molar-refractivity contribution in [2.45, 2.75) is 123 Å². The van der Waals surface area contributed by atoms with E-state index in [-0.39, 0.29) is 23.7 Å². The summed E-state index contributed by atoms with van der Waals surface area (Å²) in [4.78, 5) is 100. The standard InChI is InChI=1S/C44H52O22/c1-10-28-29-15-16-54-41(52)30(29)18-55-42(28)66-44-40(63-26(8)50)38(61-24(6)48)36(59-22(4)46)33(64-44)19-56-43-39(62-25(7)49)37(60-23(5)47)35(20(2)57-43)65-34(51)14-12-27-11-13-31(58-21(3)45)32(17-27)53-9/h10-14,17-18,20,28-29,33,35-40,42-44H,1,15-16,19H2,2-9H3/b14-12+/t20-,28+,29-,33+,35-,36+,37+,38-,39+,40+,42-,43-,44-/m0/s1. The van der Waals surface area contributed by atoms with Crippen LogP contribution in [0.1, 0.15) is 60.5 Å². The zero-order valence-corrected chi connectivity index (χ0v) is 37.4. The molecule has 22 nitrogen and oxygen atoms in total. The van der Waals surface area contributed by atoms with Gasteiger partial charge in [-0.2, -0.15) is 0 Å². The number of methoxy groups -OCH3 is 1. The summed E-state index contributed by atoms with van der Waals surface area (Å²) in [5, 5.41) is 0. The Morgan fingerprint density at radius 2 is 1.30 bits per heavy atom. The Hall–Kier alpha value is -6.36. The van der Waals surface area contributed by atoms with Crippen LogP contribution in [-0.4, -0.2) is 136 Å². The zero-order valence-electron chi connectivity index (χ0n) is 37.4. The fourth-order valence-electron chi connectivity index (χ4n) is 7.72. The number of hydrogen-bond acceptors (Lipinski definition) is 22. The largest absolute Gasteiger partial charge is 0.493 e. The molecule has 1 aromatic rings. The van der Waals surface area contributed by atoms with E-state index in [4.69, 9.17) is 66.3 Å². The number of fused-ring (bicyclic) bond motifs is 1. The van der Waals surface area contributed by atoms with Gasteiger partial charge in [0.2, 0.25) is 12.6 Å². The third-order valence-corrected chi connectivity index (χ3v) is 10.3. The molecule has 66 heavy (non-hydrogen) atoms. The summed E-state index contributed by atoms with van der Waals surface area (Å²) in [5.41, 5.74) is 0.699. The van der Waals surface area contributed by atoms with E-state index in [0.717, 1.165) is 40.7 Å². The minimum absolute atomic E-state index is 0.118. The fourth-order valence-corrected chi connectivity index (χ4v) is 7.72. The molecule has 0 spiro atoms. The predicted molar refractivity (Wildman–Crippen MR) is 217 cm³/mol. The lowest BCUT2D eigenvalue weighted by Crippen LogP contribution is -2.65. The maximum Gasteiger partial charge on any atom is 0.337 e. The van der Waals surface area contributed by atoms with Crippen LogP contribution in [0.15, 0.2) is 48.8 Å². The molecule has 1 aromatic carbocycles. The number of benzene rings is 1. The van der Waals surface area contributed by atoms with E-state index in [0.29, 0.717) is 12.0 Å². The molecule has 3 fully saturated rings. The SMILES string of the molecule is C=C[C@H]1[C@H](O[C@@H]2O[C@H](CO[C@H]3O[C@@H](C)[C@H](OC(=O)/C=C/c4ccc(OC(C)=O)c(OC)c4)[C@@H](OC(C)=O)[C@H]3OC(C)=O)[C@@H](OC(C)=O)[C@H](OC(C)=O)[C@H]2OC(C)=O)OC=C2C(=O)OCC[C@H]21. The van der Waals surface area contributed by atoms with Gasteiger partial charge in [-0.3, -0.25) is 28.8 Å². The first kappa shape index (κ1) is 50.6. The molecular formula is C44H52O22. The summed E-state index contributed by atoms with van der Waals surface area (Å²) in [6.45, 7) is 11.4. The van der Waals surface area contributed by atoms with Gasteiger partial charge in [-0.05, 0) is 37.1 Å². The van der Waals surface area contributed by atoms with Gasteiger partial charge in [0.25, 0.3) is 0 Å². The molecule has 0 saturated carbocycles. The molecule has 0 amide bonds. The van der Waals surface area contributed by atoms with Crippen LogP contribution in [0.25, 0.3) is 6.08 Å². The average Bonchev–Trinajstić information content (AvgIpc) is 3.23. The van der Waals surface area contributed by atoms with Crippen LogP contribution < -0.4 is 9.47 Å².